The molecular formula is C19H24ClN3O. The van der Waals surface area contributed by atoms with E-state index in [0.29, 0.717) is 23.2 Å². The Balaban J connectivity index is 1.63. The van der Waals surface area contributed by atoms with E-state index in [-0.39, 0.29) is 5.91 Å². The number of amides is 1. The van der Waals surface area contributed by atoms with Crippen LogP contribution < -0.4 is 0 Å². The molecule has 1 fully saturated rings. The number of likely N-dealkylation sites (tertiary alicyclic amines) is 1. The summed E-state index contributed by atoms with van der Waals surface area (Å²) < 4.78 is 1.72. The van der Waals surface area contributed by atoms with Gasteiger partial charge in [-0.3, -0.25) is 9.48 Å². The molecule has 0 bridgehead atoms. The molecule has 0 spiro atoms. The molecule has 5 heteroatoms. The van der Waals surface area contributed by atoms with Crippen molar-refractivity contribution in [1.82, 2.24) is 14.7 Å². The summed E-state index contributed by atoms with van der Waals surface area (Å²) in [7, 11) is 0. The summed E-state index contributed by atoms with van der Waals surface area (Å²) in [6.07, 6.45) is 3.17. The number of carbonyl (C=O) groups excluding carboxylic acids is 1. The summed E-state index contributed by atoms with van der Waals surface area (Å²) in [5, 5.41) is 4.85. The van der Waals surface area contributed by atoms with Crippen LogP contribution in [0.4, 0.5) is 0 Å². The number of piperidine rings is 1. The minimum atomic E-state index is 0.0145. The van der Waals surface area contributed by atoms with Gasteiger partial charge < -0.3 is 4.90 Å². The van der Waals surface area contributed by atoms with Crippen molar-refractivity contribution in [3.8, 4) is 0 Å². The highest BCUT2D eigenvalue weighted by Gasteiger charge is 2.28. The van der Waals surface area contributed by atoms with Crippen LogP contribution in [0, 0.1) is 12.8 Å². The molecule has 1 amide bonds. The van der Waals surface area contributed by atoms with Crippen LogP contribution in [-0.4, -0.2) is 33.7 Å². The van der Waals surface area contributed by atoms with Crippen LogP contribution in [0.25, 0.3) is 0 Å². The average Bonchev–Trinajstić information content (AvgIpc) is 2.90. The van der Waals surface area contributed by atoms with Crippen molar-refractivity contribution in [3.63, 3.8) is 0 Å². The van der Waals surface area contributed by atoms with Crippen LogP contribution >= 0.6 is 11.6 Å². The lowest BCUT2D eigenvalue weighted by Crippen LogP contribution is -2.40. The van der Waals surface area contributed by atoms with Gasteiger partial charge in [0.15, 0.2) is 0 Å². The van der Waals surface area contributed by atoms with E-state index in [4.69, 9.17) is 11.6 Å². The van der Waals surface area contributed by atoms with Crippen molar-refractivity contribution in [2.75, 3.05) is 13.1 Å². The zero-order valence-corrected chi connectivity index (χ0v) is 15.1. The third-order valence-corrected chi connectivity index (χ3v) is 5.28. The first-order valence-electron chi connectivity index (χ1n) is 8.66. The van der Waals surface area contributed by atoms with Gasteiger partial charge in [-0.1, -0.05) is 41.9 Å². The Morgan fingerprint density at radius 3 is 2.54 bits per heavy atom. The fourth-order valence-corrected chi connectivity index (χ4v) is 3.65. The SMILES string of the molecule is CCn1nc(C)c(Cl)c1C(=O)N1CCC(Cc2ccccc2)CC1. The van der Waals surface area contributed by atoms with Gasteiger partial charge in [-0.15, -0.1) is 0 Å². The predicted molar refractivity (Wildman–Crippen MR) is 96.4 cm³/mol. The van der Waals surface area contributed by atoms with E-state index in [1.54, 1.807) is 4.68 Å². The van der Waals surface area contributed by atoms with E-state index in [0.717, 1.165) is 38.0 Å². The predicted octanol–water partition coefficient (Wildman–Crippen LogP) is 3.96. The molecule has 2 aromatic rings. The monoisotopic (exact) mass is 345 g/mol. The lowest BCUT2D eigenvalue weighted by molar-refractivity contribution is 0.0678. The van der Waals surface area contributed by atoms with Gasteiger partial charge in [0.05, 0.1) is 10.7 Å². The minimum absolute atomic E-state index is 0.0145. The van der Waals surface area contributed by atoms with E-state index in [9.17, 15) is 4.79 Å². The number of halogens is 1. The van der Waals surface area contributed by atoms with Gasteiger partial charge in [0.2, 0.25) is 0 Å². The fraction of sp³-hybridized carbons (Fsp3) is 0.474. The number of aromatic nitrogens is 2. The maximum Gasteiger partial charge on any atom is 0.273 e. The number of nitrogens with zero attached hydrogens (tertiary/aromatic N) is 3. The maximum atomic E-state index is 12.9. The fourth-order valence-electron chi connectivity index (χ4n) is 3.43. The van der Waals surface area contributed by atoms with Crippen LogP contribution in [0.2, 0.25) is 5.02 Å². The van der Waals surface area contributed by atoms with Gasteiger partial charge in [0, 0.05) is 19.6 Å². The summed E-state index contributed by atoms with van der Waals surface area (Å²) in [5.74, 6) is 0.658. The summed E-state index contributed by atoms with van der Waals surface area (Å²) in [5.41, 5.74) is 2.64. The van der Waals surface area contributed by atoms with Gasteiger partial charge in [-0.25, -0.2) is 0 Å². The lowest BCUT2D eigenvalue weighted by atomic mass is 9.90. The topological polar surface area (TPSA) is 38.1 Å². The first kappa shape index (κ1) is 17.0. The van der Waals surface area contributed by atoms with Crippen LogP contribution in [0.5, 0.6) is 0 Å². The molecule has 1 aliphatic rings. The summed E-state index contributed by atoms with van der Waals surface area (Å²) in [4.78, 5) is 14.8. The largest absolute Gasteiger partial charge is 0.337 e. The Kier molecular flexibility index (Phi) is 5.24. The third kappa shape index (κ3) is 3.48. The first-order valence-corrected chi connectivity index (χ1v) is 9.04. The lowest BCUT2D eigenvalue weighted by Gasteiger charge is -2.32. The van der Waals surface area contributed by atoms with Crippen LogP contribution in [0.1, 0.15) is 41.5 Å². The van der Waals surface area contributed by atoms with Gasteiger partial charge >= 0.3 is 0 Å². The van der Waals surface area contributed by atoms with Crippen LogP contribution in [0.3, 0.4) is 0 Å². The number of hydrogen-bond acceptors (Lipinski definition) is 2. The van der Waals surface area contributed by atoms with Crippen molar-refractivity contribution in [2.45, 2.75) is 39.7 Å². The Hall–Kier alpha value is -1.81. The van der Waals surface area contributed by atoms with Gasteiger partial charge in [-0.2, -0.15) is 5.10 Å². The number of rotatable bonds is 4. The summed E-state index contributed by atoms with van der Waals surface area (Å²) in [6, 6.07) is 10.6. The zero-order chi connectivity index (χ0) is 17.1. The second kappa shape index (κ2) is 7.39. The Morgan fingerprint density at radius 2 is 1.92 bits per heavy atom. The molecule has 0 saturated carbocycles. The Bertz CT molecular complexity index is 703. The molecule has 4 nitrogen and oxygen atoms in total. The maximum absolute atomic E-state index is 12.9. The average molecular weight is 346 g/mol. The summed E-state index contributed by atoms with van der Waals surface area (Å²) in [6.45, 7) is 6.06. The molecule has 0 atom stereocenters. The summed E-state index contributed by atoms with van der Waals surface area (Å²) >= 11 is 6.31. The molecule has 0 N–H and O–H groups in total. The van der Waals surface area contributed by atoms with E-state index in [1.165, 1.54) is 5.56 Å². The number of aryl methyl sites for hydroxylation is 2. The molecule has 1 aliphatic heterocycles. The van der Waals surface area contributed by atoms with Crippen molar-refractivity contribution in [2.24, 2.45) is 5.92 Å². The third-order valence-electron chi connectivity index (χ3n) is 4.83. The van der Waals surface area contributed by atoms with Crippen molar-refractivity contribution < 1.29 is 4.79 Å². The standard InChI is InChI=1S/C19H24ClN3O/c1-3-23-18(17(20)14(2)21-23)19(24)22-11-9-16(10-12-22)13-15-7-5-4-6-8-15/h4-8,16H,3,9-13H2,1-2H3. The molecule has 0 aliphatic carbocycles. The highest BCUT2D eigenvalue weighted by Crippen LogP contribution is 2.26. The molecule has 1 aromatic heterocycles. The number of hydrogen-bond donors (Lipinski definition) is 0. The molecule has 1 saturated heterocycles. The normalized spacial score (nSPS) is 15.7. The smallest absolute Gasteiger partial charge is 0.273 e. The highest BCUT2D eigenvalue weighted by atomic mass is 35.5. The van der Waals surface area contributed by atoms with Crippen LogP contribution in [-0.2, 0) is 13.0 Å². The minimum Gasteiger partial charge on any atom is -0.337 e. The quantitative estimate of drug-likeness (QED) is 0.841. The molecule has 24 heavy (non-hydrogen) atoms. The van der Waals surface area contributed by atoms with Crippen molar-refractivity contribution in [3.05, 3.63) is 52.3 Å². The van der Waals surface area contributed by atoms with Gasteiger partial charge in [0.1, 0.15) is 5.69 Å². The molecule has 0 unspecified atom stereocenters. The van der Waals surface area contributed by atoms with Crippen molar-refractivity contribution >= 4 is 17.5 Å². The molecular weight excluding hydrogens is 322 g/mol. The second-order valence-corrected chi connectivity index (χ2v) is 6.87. The molecule has 2 heterocycles. The van der Waals surface area contributed by atoms with Crippen molar-refractivity contribution in [1.29, 1.82) is 0 Å². The molecule has 128 valence electrons. The molecule has 3 rings (SSSR count). The van der Waals surface area contributed by atoms with Gasteiger partial charge in [0.25, 0.3) is 5.91 Å². The molecule has 0 radical (unpaired) electrons. The highest BCUT2D eigenvalue weighted by molar-refractivity contribution is 6.34. The van der Waals surface area contributed by atoms with Crippen LogP contribution in [0.15, 0.2) is 30.3 Å². The van der Waals surface area contributed by atoms with E-state index < -0.39 is 0 Å². The van der Waals surface area contributed by atoms with Gasteiger partial charge in [-0.05, 0) is 44.6 Å². The first-order chi connectivity index (χ1) is 11.6. The molecule has 1 aromatic carbocycles. The number of carbonyl (C=O) groups is 1. The van der Waals surface area contributed by atoms with E-state index >= 15 is 0 Å². The van der Waals surface area contributed by atoms with E-state index in [2.05, 4.69) is 29.4 Å². The Labute approximate surface area is 148 Å². The zero-order valence-electron chi connectivity index (χ0n) is 14.3. The Morgan fingerprint density at radius 1 is 1.25 bits per heavy atom. The second-order valence-electron chi connectivity index (χ2n) is 6.49. The van der Waals surface area contributed by atoms with E-state index in [1.807, 2.05) is 24.8 Å². The number of benzene rings is 1.